The van der Waals surface area contributed by atoms with Gasteiger partial charge in [-0.1, -0.05) is 29.8 Å². The first-order valence-electron chi connectivity index (χ1n) is 7.16. The number of pyridine rings is 1. The van der Waals surface area contributed by atoms with Gasteiger partial charge in [-0.05, 0) is 37.1 Å². The lowest BCUT2D eigenvalue weighted by Gasteiger charge is -2.23. The van der Waals surface area contributed by atoms with Crippen LogP contribution in [0.2, 0.25) is 0 Å². The Morgan fingerprint density at radius 1 is 1.05 bits per heavy atom. The molecule has 0 fully saturated rings. The lowest BCUT2D eigenvalue weighted by atomic mass is 10.1. The minimum Gasteiger partial charge on any atom is -0.338 e. The third kappa shape index (κ3) is 4.60. The van der Waals surface area contributed by atoms with E-state index in [9.17, 15) is 4.79 Å². The zero-order valence-electron chi connectivity index (χ0n) is 12.5. The van der Waals surface area contributed by atoms with Crippen molar-refractivity contribution in [2.45, 2.75) is 26.9 Å². The molecule has 0 aliphatic rings. The Morgan fingerprint density at radius 3 is 2.19 bits per heavy atom. The van der Waals surface area contributed by atoms with E-state index in [0.29, 0.717) is 19.6 Å². The van der Waals surface area contributed by atoms with Crippen molar-refractivity contribution in [2.24, 2.45) is 0 Å². The molecule has 0 spiro atoms. The quantitative estimate of drug-likeness (QED) is 0.916. The lowest BCUT2D eigenvalue weighted by molar-refractivity contribution is 0.193. The van der Waals surface area contributed by atoms with Gasteiger partial charge in [0.2, 0.25) is 0 Å². The summed E-state index contributed by atoms with van der Waals surface area (Å²) < 4.78 is 0. The van der Waals surface area contributed by atoms with Crippen molar-refractivity contribution in [2.75, 3.05) is 6.54 Å². The fourth-order valence-electron chi connectivity index (χ4n) is 2.08. The minimum absolute atomic E-state index is 0.0464. The second-order valence-electron chi connectivity index (χ2n) is 5.03. The Bertz CT molecular complexity index is 566. The number of hydrogen-bond donors (Lipinski definition) is 1. The summed E-state index contributed by atoms with van der Waals surface area (Å²) in [6.07, 6.45) is 3.49. The van der Waals surface area contributed by atoms with Gasteiger partial charge in [-0.3, -0.25) is 4.98 Å². The Labute approximate surface area is 125 Å². The first-order valence-corrected chi connectivity index (χ1v) is 7.16. The third-order valence-electron chi connectivity index (χ3n) is 3.23. The van der Waals surface area contributed by atoms with Crippen molar-refractivity contribution in [3.8, 4) is 0 Å². The van der Waals surface area contributed by atoms with Crippen LogP contribution in [0.15, 0.2) is 48.8 Å². The summed E-state index contributed by atoms with van der Waals surface area (Å²) >= 11 is 0. The van der Waals surface area contributed by atoms with Crippen molar-refractivity contribution in [1.82, 2.24) is 15.2 Å². The first-order chi connectivity index (χ1) is 10.2. The fourth-order valence-corrected chi connectivity index (χ4v) is 2.08. The SMILES string of the molecule is CCNC(=O)N(Cc1ccncc1)Cc1ccc(C)cc1. The molecule has 2 aromatic rings. The molecule has 0 unspecified atom stereocenters. The highest BCUT2D eigenvalue weighted by molar-refractivity contribution is 5.74. The molecule has 0 atom stereocenters. The van der Waals surface area contributed by atoms with Crippen LogP contribution in [0.1, 0.15) is 23.6 Å². The van der Waals surface area contributed by atoms with E-state index in [-0.39, 0.29) is 6.03 Å². The number of hydrogen-bond acceptors (Lipinski definition) is 2. The number of aromatic nitrogens is 1. The van der Waals surface area contributed by atoms with Gasteiger partial charge >= 0.3 is 6.03 Å². The van der Waals surface area contributed by atoms with Crippen molar-refractivity contribution in [1.29, 1.82) is 0 Å². The topological polar surface area (TPSA) is 45.2 Å². The molecule has 110 valence electrons. The second kappa shape index (κ2) is 7.43. The molecule has 0 aliphatic heterocycles. The maximum atomic E-state index is 12.2. The van der Waals surface area contributed by atoms with E-state index in [1.54, 1.807) is 12.4 Å². The van der Waals surface area contributed by atoms with Crippen LogP contribution in [0.5, 0.6) is 0 Å². The highest BCUT2D eigenvalue weighted by Crippen LogP contribution is 2.11. The standard InChI is InChI=1S/C17H21N3O/c1-3-19-17(21)20(13-16-8-10-18-11-9-16)12-15-6-4-14(2)5-7-15/h4-11H,3,12-13H2,1-2H3,(H,19,21). The van der Waals surface area contributed by atoms with Crippen molar-refractivity contribution in [3.63, 3.8) is 0 Å². The van der Waals surface area contributed by atoms with Gasteiger partial charge in [0.25, 0.3) is 0 Å². The van der Waals surface area contributed by atoms with E-state index < -0.39 is 0 Å². The van der Waals surface area contributed by atoms with Gasteiger partial charge in [0.15, 0.2) is 0 Å². The van der Waals surface area contributed by atoms with E-state index in [4.69, 9.17) is 0 Å². The maximum Gasteiger partial charge on any atom is 0.317 e. The number of urea groups is 1. The lowest BCUT2D eigenvalue weighted by Crippen LogP contribution is -2.38. The highest BCUT2D eigenvalue weighted by atomic mass is 16.2. The van der Waals surface area contributed by atoms with Crippen LogP contribution in [-0.2, 0) is 13.1 Å². The predicted octanol–water partition coefficient (Wildman–Crippen LogP) is 3.12. The van der Waals surface area contributed by atoms with Crippen LogP contribution < -0.4 is 5.32 Å². The van der Waals surface area contributed by atoms with Crippen LogP contribution in [0.4, 0.5) is 4.79 Å². The predicted molar refractivity (Wildman–Crippen MR) is 83.7 cm³/mol. The number of carbonyl (C=O) groups is 1. The largest absolute Gasteiger partial charge is 0.338 e. The average molecular weight is 283 g/mol. The number of nitrogens with zero attached hydrogens (tertiary/aromatic N) is 2. The highest BCUT2D eigenvalue weighted by Gasteiger charge is 2.13. The summed E-state index contributed by atoms with van der Waals surface area (Å²) in [6, 6.07) is 12.1. The number of carbonyl (C=O) groups excluding carboxylic acids is 1. The summed E-state index contributed by atoms with van der Waals surface area (Å²) in [7, 11) is 0. The molecule has 21 heavy (non-hydrogen) atoms. The van der Waals surface area contributed by atoms with Crippen LogP contribution in [0, 0.1) is 6.92 Å². The maximum absolute atomic E-state index is 12.2. The van der Waals surface area contributed by atoms with Gasteiger partial charge < -0.3 is 10.2 Å². The molecule has 0 saturated carbocycles. The van der Waals surface area contributed by atoms with E-state index >= 15 is 0 Å². The zero-order chi connectivity index (χ0) is 15.1. The summed E-state index contributed by atoms with van der Waals surface area (Å²) in [5, 5.41) is 2.87. The second-order valence-corrected chi connectivity index (χ2v) is 5.03. The van der Waals surface area contributed by atoms with Crippen molar-refractivity contribution >= 4 is 6.03 Å². The van der Waals surface area contributed by atoms with Crippen molar-refractivity contribution in [3.05, 3.63) is 65.5 Å². The molecule has 0 bridgehead atoms. The molecular formula is C17H21N3O. The normalized spacial score (nSPS) is 10.2. The van der Waals surface area contributed by atoms with Gasteiger partial charge in [-0.15, -0.1) is 0 Å². The van der Waals surface area contributed by atoms with Crippen LogP contribution in [-0.4, -0.2) is 22.5 Å². The van der Waals surface area contributed by atoms with Gasteiger partial charge in [-0.25, -0.2) is 4.79 Å². The van der Waals surface area contributed by atoms with Gasteiger partial charge in [0.1, 0.15) is 0 Å². The fraction of sp³-hybridized carbons (Fsp3) is 0.294. The molecule has 0 saturated heterocycles. The molecule has 4 heteroatoms. The van der Waals surface area contributed by atoms with Gasteiger partial charge in [0, 0.05) is 32.0 Å². The first kappa shape index (κ1) is 15.0. The van der Waals surface area contributed by atoms with Crippen molar-refractivity contribution < 1.29 is 4.79 Å². The van der Waals surface area contributed by atoms with E-state index in [0.717, 1.165) is 11.1 Å². The smallest absolute Gasteiger partial charge is 0.317 e. The number of benzene rings is 1. The van der Waals surface area contributed by atoms with E-state index in [2.05, 4.69) is 41.5 Å². The monoisotopic (exact) mass is 283 g/mol. The van der Waals surface area contributed by atoms with E-state index in [1.165, 1.54) is 5.56 Å². The minimum atomic E-state index is -0.0464. The number of rotatable bonds is 5. The number of amides is 2. The van der Waals surface area contributed by atoms with Crippen LogP contribution >= 0.6 is 0 Å². The van der Waals surface area contributed by atoms with Gasteiger partial charge in [-0.2, -0.15) is 0 Å². The Balaban J connectivity index is 2.11. The summed E-state index contributed by atoms with van der Waals surface area (Å²) in [4.78, 5) is 18.0. The molecule has 1 heterocycles. The molecule has 0 aliphatic carbocycles. The molecular weight excluding hydrogens is 262 g/mol. The zero-order valence-corrected chi connectivity index (χ0v) is 12.5. The summed E-state index contributed by atoms with van der Waals surface area (Å²) in [6.45, 7) is 5.77. The molecule has 2 rings (SSSR count). The third-order valence-corrected chi connectivity index (χ3v) is 3.23. The Kier molecular flexibility index (Phi) is 5.32. The summed E-state index contributed by atoms with van der Waals surface area (Å²) in [5.74, 6) is 0. The molecule has 1 aromatic heterocycles. The Hall–Kier alpha value is -2.36. The summed E-state index contributed by atoms with van der Waals surface area (Å²) in [5.41, 5.74) is 3.42. The number of aryl methyl sites for hydroxylation is 1. The molecule has 2 amide bonds. The van der Waals surface area contributed by atoms with Crippen LogP contribution in [0.25, 0.3) is 0 Å². The van der Waals surface area contributed by atoms with Crippen LogP contribution in [0.3, 0.4) is 0 Å². The Morgan fingerprint density at radius 2 is 1.62 bits per heavy atom. The molecule has 1 aromatic carbocycles. The molecule has 0 radical (unpaired) electrons. The molecule has 1 N–H and O–H groups in total. The van der Waals surface area contributed by atoms with E-state index in [1.807, 2.05) is 24.0 Å². The average Bonchev–Trinajstić information content (AvgIpc) is 2.50. The number of nitrogens with one attached hydrogen (secondary N) is 1. The van der Waals surface area contributed by atoms with Gasteiger partial charge in [0.05, 0.1) is 0 Å². The molecule has 4 nitrogen and oxygen atoms in total.